The van der Waals surface area contributed by atoms with Gasteiger partial charge in [-0.3, -0.25) is 9.36 Å². The van der Waals surface area contributed by atoms with Gasteiger partial charge in [-0.2, -0.15) is 0 Å². The van der Waals surface area contributed by atoms with Crippen molar-refractivity contribution in [2.45, 2.75) is 30.2 Å². The molecular weight excluding hydrogens is 649 g/mol. The summed E-state index contributed by atoms with van der Waals surface area (Å²) in [6, 6.07) is 13.1. The molecule has 44 heavy (non-hydrogen) atoms. The van der Waals surface area contributed by atoms with Crippen molar-refractivity contribution in [3.8, 4) is 11.4 Å². The number of likely N-dealkylation sites (N-methyl/N-ethyl adjacent to an activating group) is 1. The van der Waals surface area contributed by atoms with Gasteiger partial charge in [0.2, 0.25) is 0 Å². The van der Waals surface area contributed by atoms with Gasteiger partial charge in [0.15, 0.2) is 22.5 Å². The molecule has 0 unspecified atom stereocenters. The van der Waals surface area contributed by atoms with Crippen molar-refractivity contribution in [2.24, 2.45) is 0 Å². The van der Waals surface area contributed by atoms with Gasteiger partial charge in [0, 0.05) is 17.2 Å². The molecule has 0 radical (unpaired) electrons. The highest BCUT2D eigenvalue weighted by Crippen LogP contribution is 2.39. The summed E-state index contributed by atoms with van der Waals surface area (Å²) in [6.45, 7) is 5.12. The lowest BCUT2D eigenvalue weighted by Gasteiger charge is -2.28. The number of carbonyl (C=O) groups is 1. The average Bonchev–Trinajstić information content (AvgIpc) is 3.39. The van der Waals surface area contributed by atoms with Crippen LogP contribution in [0.15, 0.2) is 59.9 Å². The monoisotopic (exact) mass is 681 g/mol. The van der Waals surface area contributed by atoms with E-state index in [1.165, 1.54) is 31.0 Å². The zero-order valence-corrected chi connectivity index (χ0v) is 28.4. The molecule has 0 aliphatic rings. The number of imidazole rings is 1. The van der Waals surface area contributed by atoms with Crippen LogP contribution < -0.4 is 10.1 Å². The number of aromatic nitrogens is 2. The zero-order chi connectivity index (χ0) is 32.4. The van der Waals surface area contributed by atoms with Crippen molar-refractivity contribution in [1.29, 1.82) is 0 Å². The highest BCUT2D eigenvalue weighted by atomic mass is 35.5. The average molecular weight is 683 g/mol. The lowest BCUT2D eigenvalue weighted by Crippen LogP contribution is -2.42. The first-order chi connectivity index (χ1) is 20.6. The molecule has 234 valence electrons. The number of benzene rings is 3. The van der Waals surface area contributed by atoms with Gasteiger partial charge in [-0.25, -0.2) is 13.8 Å². The van der Waals surface area contributed by atoms with E-state index in [-0.39, 0.29) is 22.1 Å². The molecule has 0 saturated carbocycles. The van der Waals surface area contributed by atoms with Gasteiger partial charge in [0.25, 0.3) is 5.91 Å². The lowest BCUT2D eigenvalue weighted by molar-refractivity contribution is -0.869. The smallest absolute Gasteiger partial charge is 0.254 e. The van der Waals surface area contributed by atoms with Gasteiger partial charge in [-0.05, 0) is 41.5 Å². The van der Waals surface area contributed by atoms with E-state index in [4.69, 9.17) is 44.5 Å². The third-order valence-electron chi connectivity index (χ3n) is 7.24. The molecule has 1 heterocycles. The van der Waals surface area contributed by atoms with E-state index < -0.39 is 23.0 Å². The van der Waals surface area contributed by atoms with E-state index in [1.54, 1.807) is 30.5 Å². The maximum absolute atomic E-state index is 15.3. The summed E-state index contributed by atoms with van der Waals surface area (Å²) in [5.41, 5.74) is 2.05. The fraction of sp³-hybridized carbons (Fsp3) is 0.312. The van der Waals surface area contributed by atoms with E-state index in [9.17, 15) is 9.18 Å². The van der Waals surface area contributed by atoms with Crippen molar-refractivity contribution in [3.05, 3.63) is 104 Å². The van der Waals surface area contributed by atoms with Gasteiger partial charge >= 0.3 is 0 Å². The van der Waals surface area contributed by atoms with Crippen LogP contribution in [0.4, 0.5) is 8.78 Å². The van der Waals surface area contributed by atoms with Gasteiger partial charge < -0.3 is 14.5 Å². The molecule has 12 heteroatoms. The van der Waals surface area contributed by atoms with E-state index in [1.807, 2.05) is 51.7 Å². The van der Waals surface area contributed by atoms with Crippen molar-refractivity contribution in [1.82, 2.24) is 14.9 Å². The largest absolute Gasteiger partial charge is 0.494 e. The Labute approximate surface area is 275 Å². The first-order valence-corrected chi connectivity index (χ1v) is 15.8. The molecular formula is C32H34Cl3F2N4O2S+. The van der Waals surface area contributed by atoms with Crippen LogP contribution in [0.25, 0.3) is 5.69 Å². The normalized spacial score (nSPS) is 12.0. The second-order valence-corrected chi connectivity index (χ2v) is 13.9. The highest BCUT2D eigenvalue weighted by Gasteiger charge is 2.30. The minimum atomic E-state index is -0.777. The fourth-order valence-electron chi connectivity index (χ4n) is 4.57. The second kappa shape index (κ2) is 13.7. The number of nitrogens with one attached hydrogen (secondary N) is 1. The second-order valence-electron chi connectivity index (χ2n) is 11.8. The molecule has 3 aromatic carbocycles. The summed E-state index contributed by atoms with van der Waals surface area (Å²) in [7, 11) is 7.41. The number of quaternary nitrogens is 1. The summed E-state index contributed by atoms with van der Waals surface area (Å²) < 4.78 is 37.5. The Balaban J connectivity index is 1.68. The summed E-state index contributed by atoms with van der Waals surface area (Å²) in [5.74, 6) is -1.47. The number of amides is 1. The van der Waals surface area contributed by atoms with Gasteiger partial charge in [0.05, 0.1) is 79.6 Å². The molecule has 0 aliphatic heterocycles. The molecule has 0 saturated heterocycles. The van der Waals surface area contributed by atoms with E-state index >= 15 is 4.39 Å². The maximum Gasteiger partial charge on any atom is 0.254 e. The summed E-state index contributed by atoms with van der Waals surface area (Å²) in [6.07, 6.45) is 1.74. The molecule has 1 amide bonds. The Hall–Kier alpha value is -2.82. The van der Waals surface area contributed by atoms with E-state index in [0.717, 1.165) is 11.3 Å². The van der Waals surface area contributed by atoms with Crippen molar-refractivity contribution < 1.29 is 22.8 Å². The van der Waals surface area contributed by atoms with Crippen LogP contribution in [0.2, 0.25) is 15.1 Å². The SMILES string of the molecule is COc1cc(-n2c(C(C)(C)c3ccc(Cl)c(Cl)c3)cnc2SCc2ccc(C(=O)NCC[N+](C)(C)C)c(F)c2Cl)ccc1F. The molecule has 0 bridgehead atoms. The Morgan fingerprint density at radius 1 is 1.05 bits per heavy atom. The molecule has 0 aliphatic carbocycles. The third-order valence-corrected chi connectivity index (χ3v) is 9.39. The van der Waals surface area contributed by atoms with Crippen LogP contribution in [0, 0.1) is 11.6 Å². The lowest BCUT2D eigenvalue weighted by atomic mass is 9.81. The Kier molecular flexibility index (Phi) is 10.6. The van der Waals surface area contributed by atoms with Crippen LogP contribution in [-0.2, 0) is 11.2 Å². The Bertz CT molecular complexity index is 1690. The molecule has 0 fully saturated rings. The molecule has 0 atom stereocenters. The number of hydrogen-bond acceptors (Lipinski definition) is 4. The molecule has 0 spiro atoms. The number of carbonyl (C=O) groups excluding carboxylic acids is 1. The van der Waals surface area contributed by atoms with E-state index in [2.05, 4.69) is 5.32 Å². The van der Waals surface area contributed by atoms with E-state index in [0.29, 0.717) is 44.0 Å². The van der Waals surface area contributed by atoms with Crippen molar-refractivity contribution in [2.75, 3.05) is 41.3 Å². The molecule has 4 aromatic rings. The van der Waals surface area contributed by atoms with Crippen LogP contribution >= 0.6 is 46.6 Å². The van der Waals surface area contributed by atoms with Crippen molar-refractivity contribution in [3.63, 3.8) is 0 Å². The summed E-state index contributed by atoms with van der Waals surface area (Å²) in [4.78, 5) is 17.3. The minimum absolute atomic E-state index is 0.0749. The molecule has 6 nitrogen and oxygen atoms in total. The Morgan fingerprint density at radius 2 is 1.77 bits per heavy atom. The number of rotatable bonds is 11. The third kappa shape index (κ3) is 7.51. The van der Waals surface area contributed by atoms with Crippen LogP contribution in [0.3, 0.4) is 0 Å². The number of nitrogens with zero attached hydrogens (tertiary/aromatic N) is 3. The first kappa shape index (κ1) is 34.1. The van der Waals surface area contributed by atoms with Crippen LogP contribution in [-0.4, -0.2) is 61.3 Å². The van der Waals surface area contributed by atoms with Gasteiger partial charge in [-0.15, -0.1) is 0 Å². The fourth-order valence-corrected chi connectivity index (χ4v) is 6.16. The highest BCUT2D eigenvalue weighted by molar-refractivity contribution is 7.98. The Morgan fingerprint density at radius 3 is 2.43 bits per heavy atom. The first-order valence-electron chi connectivity index (χ1n) is 13.7. The van der Waals surface area contributed by atoms with Gasteiger partial charge in [-0.1, -0.05) is 72.5 Å². The summed E-state index contributed by atoms with van der Waals surface area (Å²) in [5, 5.41) is 4.04. The van der Waals surface area contributed by atoms with Crippen LogP contribution in [0.5, 0.6) is 5.75 Å². The summed E-state index contributed by atoms with van der Waals surface area (Å²) >= 11 is 20.3. The number of hydrogen-bond donors (Lipinski definition) is 1. The zero-order valence-electron chi connectivity index (χ0n) is 25.3. The number of halogens is 5. The topological polar surface area (TPSA) is 56.2 Å². The number of ether oxygens (including phenoxy) is 1. The number of thioether (sulfide) groups is 1. The van der Waals surface area contributed by atoms with Crippen molar-refractivity contribution >= 4 is 52.5 Å². The molecule has 4 rings (SSSR count). The molecule has 1 aromatic heterocycles. The minimum Gasteiger partial charge on any atom is -0.494 e. The number of methoxy groups -OCH3 is 1. The standard InChI is InChI=1S/C32H33Cl3F2N4O2S/c1-32(2,20-8-11-23(33)24(34)15-20)27-17-39-31(40(27)21-9-12-25(36)26(16-21)43-6)44-18-19-7-10-22(29(37)28(19)35)30(42)38-13-14-41(3,4)5/h7-12,15-17H,13-14,18H2,1-6H3/p+1. The van der Waals surface area contributed by atoms with Crippen LogP contribution in [0.1, 0.15) is 41.0 Å². The predicted molar refractivity (Wildman–Crippen MR) is 175 cm³/mol. The quantitative estimate of drug-likeness (QED) is 0.128. The maximum atomic E-state index is 15.3. The molecule has 1 N–H and O–H groups in total. The predicted octanol–water partition coefficient (Wildman–Crippen LogP) is 8.17. The van der Waals surface area contributed by atoms with Gasteiger partial charge in [0.1, 0.15) is 0 Å².